The summed E-state index contributed by atoms with van der Waals surface area (Å²) in [6, 6.07) is 6.61. The van der Waals surface area contributed by atoms with Crippen molar-refractivity contribution in [2.45, 2.75) is 32.3 Å². The van der Waals surface area contributed by atoms with Gasteiger partial charge in [0.25, 0.3) is 6.43 Å². The first-order chi connectivity index (χ1) is 6.50. The molecule has 1 aromatic rings. The molecule has 0 aliphatic heterocycles. The minimum absolute atomic E-state index is 0.00806. The molecule has 78 valence electrons. The van der Waals surface area contributed by atoms with Crippen LogP contribution in [0.15, 0.2) is 24.3 Å². The maximum atomic E-state index is 12.7. The molecule has 1 aromatic carbocycles. The minimum atomic E-state index is -2.76. The molecule has 1 atom stereocenters. The van der Waals surface area contributed by atoms with Crippen molar-refractivity contribution in [2.24, 2.45) is 0 Å². The summed E-state index contributed by atoms with van der Waals surface area (Å²) >= 11 is 0. The van der Waals surface area contributed by atoms with Gasteiger partial charge in [-0.2, -0.15) is 0 Å². The van der Waals surface area contributed by atoms with Crippen LogP contribution in [0.25, 0.3) is 0 Å². The quantitative estimate of drug-likeness (QED) is 0.795. The lowest BCUT2D eigenvalue weighted by molar-refractivity contribution is -0.104. The van der Waals surface area contributed by atoms with Crippen LogP contribution in [0.5, 0.6) is 0 Å². The highest BCUT2D eigenvalue weighted by atomic mass is 19.3. The number of benzene rings is 1. The Bertz CT molecular complexity index is 312. The van der Waals surface area contributed by atoms with E-state index in [2.05, 4.69) is 0 Å². The largest absolute Gasteiger partial charge is 0.379 e. The Morgan fingerprint density at radius 1 is 1.43 bits per heavy atom. The first-order valence-electron chi connectivity index (χ1n) is 4.58. The van der Waals surface area contributed by atoms with Crippen molar-refractivity contribution >= 4 is 0 Å². The van der Waals surface area contributed by atoms with Crippen LogP contribution in [0.2, 0.25) is 0 Å². The summed E-state index contributed by atoms with van der Waals surface area (Å²) in [5.41, 5.74) is -0.850. The van der Waals surface area contributed by atoms with Crippen molar-refractivity contribution in [3.8, 4) is 0 Å². The monoisotopic (exact) mass is 200 g/mol. The molecule has 0 amide bonds. The van der Waals surface area contributed by atoms with Crippen LogP contribution in [0, 0.1) is 6.92 Å². The predicted molar refractivity (Wildman–Crippen MR) is 51.4 cm³/mol. The second kappa shape index (κ2) is 4.05. The maximum absolute atomic E-state index is 12.7. The van der Waals surface area contributed by atoms with E-state index in [1.54, 1.807) is 19.1 Å². The molecule has 0 bridgehead atoms. The first-order valence-corrected chi connectivity index (χ1v) is 4.58. The molecule has 1 N–H and O–H groups in total. The average Bonchev–Trinajstić information content (AvgIpc) is 2.16. The molecular formula is C11H14F2O. The highest BCUT2D eigenvalue weighted by Gasteiger charge is 2.37. The van der Waals surface area contributed by atoms with Gasteiger partial charge in [-0.3, -0.25) is 0 Å². The van der Waals surface area contributed by atoms with Crippen LogP contribution in [-0.4, -0.2) is 11.5 Å². The third kappa shape index (κ3) is 1.93. The first kappa shape index (κ1) is 11.1. The molecule has 1 nitrogen and oxygen atoms in total. The topological polar surface area (TPSA) is 20.2 Å². The molecule has 0 fully saturated rings. The standard InChI is InChI=1S/C11H14F2O/c1-3-11(14,10(12)13)9-6-4-5-8(2)7-9/h4-7,10,14H,3H2,1-2H3. The Kier molecular flexibility index (Phi) is 3.21. The van der Waals surface area contributed by atoms with Gasteiger partial charge in [-0.05, 0) is 18.9 Å². The summed E-state index contributed by atoms with van der Waals surface area (Å²) < 4.78 is 25.3. The predicted octanol–water partition coefficient (Wildman–Crippen LogP) is 2.86. The second-order valence-electron chi connectivity index (χ2n) is 3.45. The number of aliphatic hydroxyl groups is 1. The summed E-state index contributed by atoms with van der Waals surface area (Å²) in [5, 5.41) is 9.74. The van der Waals surface area contributed by atoms with Crippen LogP contribution < -0.4 is 0 Å². The van der Waals surface area contributed by atoms with Crippen molar-refractivity contribution in [3.05, 3.63) is 35.4 Å². The van der Waals surface area contributed by atoms with Crippen molar-refractivity contribution in [1.29, 1.82) is 0 Å². The molecule has 0 saturated heterocycles. The fourth-order valence-electron chi connectivity index (χ4n) is 1.40. The van der Waals surface area contributed by atoms with E-state index in [0.29, 0.717) is 0 Å². The van der Waals surface area contributed by atoms with Crippen LogP contribution in [0.3, 0.4) is 0 Å². The van der Waals surface area contributed by atoms with Crippen LogP contribution in [0.1, 0.15) is 24.5 Å². The van der Waals surface area contributed by atoms with Crippen LogP contribution in [0.4, 0.5) is 8.78 Å². The summed E-state index contributed by atoms with van der Waals surface area (Å²) in [6.07, 6.45) is -2.75. The number of rotatable bonds is 3. The maximum Gasteiger partial charge on any atom is 0.270 e. The normalized spacial score (nSPS) is 15.6. The number of aryl methyl sites for hydroxylation is 1. The lowest BCUT2D eigenvalue weighted by Gasteiger charge is -2.26. The molecule has 0 spiro atoms. The van der Waals surface area contributed by atoms with Gasteiger partial charge in [-0.15, -0.1) is 0 Å². The van der Waals surface area contributed by atoms with Crippen LogP contribution in [-0.2, 0) is 5.60 Å². The molecule has 0 saturated carbocycles. The Morgan fingerprint density at radius 3 is 2.50 bits per heavy atom. The lowest BCUT2D eigenvalue weighted by Crippen LogP contribution is -2.33. The summed E-state index contributed by atoms with van der Waals surface area (Å²) in [7, 11) is 0. The van der Waals surface area contributed by atoms with E-state index in [1.165, 1.54) is 6.07 Å². The number of hydrogen-bond donors (Lipinski definition) is 1. The summed E-state index contributed by atoms with van der Waals surface area (Å²) in [6.45, 7) is 3.36. The van der Waals surface area contributed by atoms with E-state index in [1.807, 2.05) is 13.0 Å². The van der Waals surface area contributed by atoms with E-state index in [0.717, 1.165) is 5.56 Å². The molecule has 3 heteroatoms. The number of hydrogen-bond acceptors (Lipinski definition) is 1. The van der Waals surface area contributed by atoms with Gasteiger partial charge < -0.3 is 5.11 Å². The van der Waals surface area contributed by atoms with Gasteiger partial charge in [0.15, 0.2) is 0 Å². The zero-order valence-corrected chi connectivity index (χ0v) is 8.30. The fraction of sp³-hybridized carbons (Fsp3) is 0.455. The van der Waals surface area contributed by atoms with Gasteiger partial charge in [0.2, 0.25) is 0 Å². The third-order valence-electron chi connectivity index (χ3n) is 2.42. The van der Waals surface area contributed by atoms with Gasteiger partial charge in [0.05, 0.1) is 0 Å². The number of halogens is 2. The van der Waals surface area contributed by atoms with Crippen molar-refractivity contribution in [2.75, 3.05) is 0 Å². The van der Waals surface area contributed by atoms with Crippen molar-refractivity contribution in [3.63, 3.8) is 0 Å². The second-order valence-corrected chi connectivity index (χ2v) is 3.45. The van der Waals surface area contributed by atoms with Gasteiger partial charge in [-0.1, -0.05) is 36.8 Å². The Morgan fingerprint density at radius 2 is 2.07 bits per heavy atom. The third-order valence-corrected chi connectivity index (χ3v) is 2.42. The highest BCUT2D eigenvalue weighted by Crippen LogP contribution is 2.31. The molecule has 1 rings (SSSR count). The number of alkyl halides is 2. The summed E-state index contributed by atoms with van der Waals surface area (Å²) in [4.78, 5) is 0. The van der Waals surface area contributed by atoms with Crippen molar-refractivity contribution < 1.29 is 13.9 Å². The van der Waals surface area contributed by atoms with E-state index in [-0.39, 0.29) is 12.0 Å². The molecule has 14 heavy (non-hydrogen) atoms. The van der Waals surface area contributed by atoms with Crippen LogP contribution >= 0.6 is 0 Å². The molecule has 1 unspecified atom stereocenters. The van der Waals surface area contributed by atoms with Gasteiger partial charge in [0.1, 0.15) is 5.60 Å². The Labute approximate surface area is 82.4 Å². The Hall–Kier alpha value is -0.960. The van der Waals surface area contributed by atoms with E-state index in [4.69, 9.17) is 0 Å². The lowest BCUT2D eigenvalue weighted by atomic mass is 9.90. The van der Waals surface area contributed by atoms with E-state index < -0.39 is 12.0 Å². The molecule has 0 heterocycles. The Balaban J connectivity index is 3.12. The van der Waals surface area contributed by atoms with E-state index in [9.17, 15) is 13.9 Å². The zero-order chi connectivity index (χ0) is 10.8. The fourth-order valence-corrected chi connectivity index (χ4v) is 1.40. The highest BCUT2D eigenvalue weighted by molar-refractivity contribution is 5.27. The molecular weight excluding hydrogens is 186 g/mol. The SMILES string of the molecule is CCC(O)(c1cccc(C)c1)C(F)F. The molecule has 0 radical (unpaired) electrons. The molecule has 0 aliphatic rings. The van der Waals surface area contributed by atoms with Gasteiger partial charge >= 0.3 is 0 Å². The smallest absolute Gasteiger partial charge is 0.270 e. The zero-order valence-electron chi connectivity index (χ0n) is 8.30. The molecule has 0 aliphatic carbocycles. The average molecular weight is 200 g/mol. The molecule has 0 aromatic heterocycles. The summed E-state index contributed by atoms with van der Waals surface area (Å²) in [5.74, 6) is 0. The van der Waals surface area contributed by atoms with Gasteiger partial charge in [-0.25, -0.2) is 8.78 Å². The van der Waals surface area contributed by atoms with E-state index >= 15 is 0 Å². The van der Waals surface area contributed by atoms with Gasteiger partial charge in [0, 0.05) is 0 Å². The minimum Gasteiger partial charge on any atom is -0.379 e. The van der Waals surface area contributed by atoms with Crippen molar-refractivity contribution in [1.82, 2.24) is 0 Å².